The van der Waals surface area contributed by atoms with Crippen molar-refractivity contribution in [2.24, 2.45) is 0 Å². The predicted octanol–water partition coefficient (Wildman–Crippen LogP) is 4.42. The number of carbonyl (C=O) groups is 1. The van der Waals surface area contributed by atoms with Gasteiger partial charge in [0.25, 0.3) is 0 Å². The van der Waals surface area contributed by atoms with Gasteiger partial charge in [0.1, 0.15) is 0 Å². The van der Waals surface area contributed by atoms with E-state index in [4.69, 9.17) is 11.6 Å². The molecule has 0 saturated carbocycles. The second kappa shape index (κ2) is 8.20. The Morgan fingerprint density at radius 2 is 2.00 bits per heavy atom. The number of halogens is 1. The molecule has 1 aromatic carbocycles. The average Bonchev–Trinajstić information content (AvgIpc) is 3.16. The molecule has 2 heterocycles. The normalized spacial score (nSPS) is 10.9. The molecule has 136 valence electrons. The van der Waals surface area contributed by atoms with Crippen LogP contribution in [-0.4, -0.2) is 31.4 Å². The second-order valence-corrected chi connectivity index (χ2v) is 8.14. The number of hydrogen-bond donors (Lipinski definition) is 1. The molecule has 0 fully saturated rings. The summed E-state index contributed by atoms with van der Waals surface area (Å²) in [6, 6.07) is 7.47. The van der Waals surface area contributed by atoms with Crippen LogP contribution in [-0.2, 0) is 11.3 Å². The fraction of sp³-hybridized carbons (Fsp3) is 0.294. The summed E-state index contributed by atoms with van der Waals surface area (Å²) in [4.78, 5) is 17.6. The molecule has 26 heavy (non-hydrogen) atoms. The molecule has 0 aliphatic carbocycles. The van der Waals surface area contributed by atoms with E-state index in [1.165, 1.54) is 23.1 Å². The molecule has 1 amide bonds. The van der Waals surface area contributed by atoms with Crippen molar-refractivity contribution < 1.29 is 4.79 Å². The van der Waals surface area contributed by atoms with Crippen LogP contribution in [0.3, 0.4) is 0 Å². The van der Waals surface area contributed by atoms with Gasteiger partial charge in [-0.2, -0.15) is 0 Å². The van der Waals surface area contributed by atoms with E-state index in [1.807, 2.05) is 49.6 Å². The van der Waals surface area contributed by atoms with Crippen LogP contribution in [0.1, 0.15) is 17.5 Å². The molecule has 1 N–H and O–H groups in total. The maximum Gasteiger partial charge on any atom is 0.236 e. The fourth-order valence-corrected chi connectivity index (χ4v) is 4.06. The minimum Gasteiger partial charge on any atom is -0.302 e. The van der Waals surface area contributed by atoms with Gasteiger partial charge in [-0.05, 0) is 45.0 Å². The van der Waals surface area contributed by atoms with Crippen molar-refractivity contribution in [2.75, 3.05) is 11.1 Å². The Morgan fingerprint density at radius 3 is 2.62 bits per heavy atom. The first kappa shape index (κ1) is 18.9. The number of aryl methyl sites for hydroxylation is 2. The molecule has 0 aliphatic heterocycles. The van der Waals surface area contributed by atoms with Crippen molar-refractivity contribution in [3.63, 3.8) is 0 Å². The molecule has 6 nitrogen and oxygen atoms in total. The van der Waals surface area contributed by atoms with E-state index < -0.39 is 0 Å². The molecule has 2 aromatic heterocycles. The van der Waals surface area contributed by atoms with Crippen LogP contribution < -0.4 is 5.32 Å². The Kier molecular flexibility index (Phi) is 5.95. The summed E-state index contributed by atoms with van der Waals surface area (Å²) in [5, 5.41) is 13.3. The van der Waals surface area contributed by atoms with Crippen molar-refractivity contribution in [1.82, 2.24) is 19.7 Å². The summed E-state index contributed by atoms with van der Waals surface area (Å²) < 4.78 is 1.98. The quantitative estimate of drug-likeness (QED) is 0.612. The Morgan fingerprint density at radius 1 is 1.27 bits per heavy atom. The summed E-state index contributed by atoms with van der Waals surface area (Å²) in [6.07, 6.45) is 0. The van der Waals surface area contributed by atoms with Crippen LogP contribution in [0.2, 0.25) is 5.02 Å². The largest absolute Gasteiger partial charge is 0.302 e. The molecule has 0 radical (unpaired) electrons. The van der Waals surface area contributed by atoms with Crippen LogP contribution in [0, 0.1) is 13.8 Å². The van der Waals surface area contributed by atoms with Crippen molar-refractivity contribution in [2.45, 2.75) is 32.5 Å². The maximum absolute atomic E-state index is 12.2. The zero-order valence-corrected chi connectivity index (χ0v) is 17.0. The van der Waals surface area contributed by atoms with E-state index in [2.05, 4.69) is 20.5 Å². The standard InChI is InChI=1S/C17H18ClN5OS2/c1-4-23-15(12-5-7-13(18)8-6-12)21-22-17(23)25-9-14(24)20-16-19-10(2)11(3)26-16/h5-8H,4,9H2,1-3H3,(H,19,20,24). The monoisotopic (exact) mass is 407 g/mol. The van der Waals surface area contributed by atoms with Gasteiger partial charge in [-0.3, -0.25) is 4.79 Å². The summed E-state index contributed by atoms with van der Waals surface area (Å²) >= 11 is 8.78. The Labute approximate surface area is 165 Å². The van der Waals surface area contributed by atoms with Crippen LogP contribution in [0.5, 0.6) is 0 Å². The minimum atomic E-state index is -0.109. The lowest BCUT2D eigenvalue weighted by Crippen LogP contribution is -2.14. The van der Waals surface area contributed by atoms with Gasteiger partial charge in [-0.25, -0.2) is 4.98 Å². The van der Waals surface area contributed by atoms with Crippen LogP contribution in [0.25, 0.3) is 11.4 Å². The minimum absolute atomic E-state index is 0.109. The first-order chi connectivity index (χ1) is 12.5. The third-order valence-corrected chi connectivity index (χ3v) is 5.95. The zero-order valence-electron chi connectivity index (χ0n) is 14.6. The second-order valence-electron chi connectivity index (χ2n) is 5.55. The Bertz CT molecular complexity index is 900. The maximum atomic E-state index is 12.2. The van der Waals surface area contributed by atoms with Crippen molar-refractivity contribution in [3.8, 4) is 11.4 Å². The van der Waals surface area contributed by atoms with Gasteiger partial charge in [0.2, 0.25) is 5.91 Å². The topological polar surface area (TPSA) is 72.7 Å². The highest BCUT2D eigenvalue weighted by Crippen LogP contribution is 2.26. The molecular formula is C17H18ClN5OS2. The van der Waals surface area contributed by atoms with Gasteiger partial charge in [0, 0.05) is 22.0 Å². The lowest BCUT2D eigenvalue weighted by Gasteiger charge is -2.07. The molecule has 3 aromatic rings. The summed E-state index contributed by atoms with van der Waals surface area (Å²) in [7, 11) is 0. The smallest absolute Gasteiger partial charge is 0.236 e. The zero-order chi connectivity index (χ0) is 18.7. The number of aromatic nitrogens is 4. The van der Waals surface area contributed by atoms with Gasteiger partial charge in [0.15, 0.2) is 16.1 Å². The van der Waals surface area contributed by atoms with E-state index in [0.29, 0.717) is 21.9 Å². The molecule has 0 spiro atoms. The fourth-order valence-electron chi connectivity index (χ4n) is 2.30. The first-order valence-electron chi connectivity index (χ1n) is 8.03. The van der Waals surface area contributed by atoms with Gasteiger partial charge in [-0.15, -0.1) is 21.5 Å². The molecule has 0 saturated heterocycles. The summed E-state index contributed by atoms with van der Waals surface area (Å²) in [5.41, 5.74) is 1.88. The SMILES string of the molecule is CCn1c(SCC(=O)Nc2nc(C)c(C)s2)nnc1-c1ccc(Cl)cc1. The highest BCUT2D eigenvalue weighted by Gasteiger charge is 2.15. The van der Waals surface area contributed by atoms with Crippen LogP contribution >= 0.6 is 34.7 Å². The van der Waals surface area contributed by atoms with E-state index in [-0.39, 0.29) is 11.7 Å². The highest BCUT2D eigenvalue weighted by molar-refractivity contribution is 7.99. The Hall–Kier alpha value is -1.90. The third-order valence-electron chi connectivity index (χ3n) is 3.74. The highest BCUT2D eigenvalue weighted by atomic mass is 35.5. The van der Waals surface area contributed by atoms with Crippen LogP contribution in [0.4, 0.5) is 5.13 Å². The van der Waals surface area contributed by atoms with Gasteiger partial charge in [-0.1, -0.05) is 23.4 Å². The van der Waals surface area contributed by atoms with E-state index in [0.717, 1.165) is 22.0 Å². The van der Waals surface area contributed by atoms with Gasteiger partial charge >= 0.3 is 0 Å². The number of thioether (sulfide) groups is 1. The number of rotatable bonds is 6. The summed E-state index contributed by atoms with van der Waals surface area (Å²) in [6.45, 7) is 6.64. The molecule has 9 heteroatoms. The van der Waals surface area contributed by atoms with Crippen molar-refractivity contribution >= 4 is 45.7 Å². The van der Waals surface area contributed by atoms with Crippen molar-refractivity contribution in [1.29, 1.82) is 0 Å². The molecule has 0 aliphatic rings. The number of hydrogen-bond acceptors (Lipinski definition) is 6. The Balaban J connectivity index is 1.68. The lowest BCUT2D eigenvalue weighted by atomic mass is 10.2. The van der Waals surface area contributed by atoms with Gasteiger partial charge in [0.05, 0.1) is 11.4 Å². The van der Waals surface area contributed by atoms with E-state index in [9.17, 15) is 4.79 Å². The molecule has 0 atom stereocenters. The molecule has 0 unspecified atom stereocenters. The number of anilines is 1. The molecule has 3 rings (SSSR count). The van der Waals surface area contributed by atoms with Crippen molar-refractivity contribution in [3.05, 3.63) is 39.9 Å². The number of amides is 1. The molecule has 0 bridgehead atoms. The number of benzene rings is 1. The predicted molar refractivity (Wildman–Crippen MR) is 107 cm³/mol. The number of nitrogens with one attached hydrogen (secondary N) is 1. The lowest BCUT2D eigenvalue weighted by molar-refractivity contribution is -0.113. The average molecular weight is 408 g/mol. The number of carbonyl (C=O) groups excluding carboxylic acids is 1. The first-order valence-corrected chi connectivity index (χ1v) is 10.2. The van der Waals surface area contributed by atoms with E-state index in [1.54, 1.807) is 0 Å². The van der Waals surface area contributed by atoms with Gasteiger partial charge < -0.3 is 9.88 Å². The number of nitrogens with zero attached hydrogens (tertiary/aromatic N) is 4. The number of thiazole rings is 1. The third kappa shape index (κ3) is 4.25. The van der Waals surface area contributed by atoms with Crippen LogP contribution in [0.15, 0.2) is 29.4 Å². The van der Waals surface area contributed by atoms with E-state index >= 15 is 0 Å². The summed E-state index contributed by atoms with van der Waals surface area (Å²) in [5.74, 6) is 0.900. The molecular weight excluding hydrogens is 390 g/mol.